The Morgan fingerprint density at radius 3 is 2.40 bits per heavy atom. The number of ether oxygens (including phenoxy) is 1. The van der Waals surface area contributed by atoms with Gasteiger partial charge in [-0.05, 0) is 67.1 Å². The molecule has 4 nitrogen and oxygen atoms in total. The summed E-state index contributed by atoms with van der Waals surface area (Å²) in [7, 11) is 0. The van der Waals surface area contributed by atoms with E-state index in [0.29, 0.717) is 40.0 Å². The van der Waals surface area contributed by atoms with Crippen molar-refractivity contribution in [3.63, 3.8) is 0 Å². The second kappa shape index (κ2) is 8.51. The summed E-state index contributed by atoms with van der Waals surface area (Å²) in [6.45, 7) is 2.46. The Labute approximate surface area is 178 Å². The lowest BCUT2D eigenvalue weighted by Gasteiger charge is -2.19. The zero-order chi connectivity index (χ0) is 21.1. The average Bonchev–Trinajstić information content (AvgIpc) is 3.07. The summed E-state index contributed by atoms with van der Waals surface area (Å²) in [5.41, 5.74) is 2.20. The van der Waals surface area contributed by atoms with Gasteiger partial charge >= 0.3 is 0 Å². The van der Waals surface area contributed by atoms with Crippen LogP contribution in [-0.4, -0.2) is 18.3 Å². The van der Waals surface area contributed by atoms with Crippen molar-refractivity contribution in [2.45, 2.75) is 6.92 Å². The molecule has 1 aliphatic rings. The van der Waals surface area contributed by atoms with Gasteiger partial charge in [0.05, 0.1) is 17.3 Å². The SMILES string of the molecule is CCOc1ccc(N2C(=O)/C(=C\c3ccc(F)cc3)N=C2c2ccccc2Cl)cc1. The van der Waals surface area contributed by atoms with Crippen molar-refractivity contribution in [2.24, 2.45) is 4.99 Å². The Morgan fingerprint density at radius 1 is 1.03 bits per heavy atom. The van der Waals surface area contributed by atoms with E-state index >= 15 is 0 Å². The Kier molecular flexibility index (Phi) is 5.63. The Hall–Kier alpha value is -3.44. The summed E-state index contributed by atoms with van der Waals surface area (Å²) >= 11 is 6.40. The van der Waals surface area contributed by atoms with Crippen LogP contribution < -0.4 is 9.64 Å². The maximum absolute atomic E-state index is 13.3. The number of nitrogens with zero attached hydrogens (tertiary/aromatic N) is 2. The third-order valence-corrected chi connectivity index (χ3v) is 4.88. The van der Waals surface area contributed by atoms with Crippen LogP contribution in [-0.2, 0) is 4.79 Å². The minimum atomic E-state index is -0.342. The van der Waals surface area contributed by atoms with Gasteiger partial charge in [-0.25, -0.2) is 9.38 Å². The largest absolute Gasteiger partial charge is 0.494 e. The van der Waals surface area contributed by atoms with Gasteiger partial charge in [0.2, 0.25) is 0 Å². The summed E-state index contributed by atoms with van der Waals surface area (Å²) in [4.78, 5) is 19.4. The molecule has 0 aromatic heterocycles. The number of hydrogen-bond acceptors (Lipinski definition) is 3. The van der Waals surface area contributed by atoms with E-state index in [1.54, 1.807) is 48.5 Å². The third-order valence-electron chi connectivity index (χ3n) is 4.55. The average molecular weight is 421 g/mol. The van der Waals surface area contributed by atoms with Crippen molar-refractivity contribution in [1.82, 2.24) is 0 Å². The number of benzene rings is 3. The van der Waals surface area contributed by atoms with Crippen LogP contribution in [0.4, 0.5) is 10.1 Å². The fourth-order valence-electron chi connectivity index (χ4n) is 3.15. The maximum Gasteiger partial charge on any atom is 0.282 e. The smallest absolute Gasteiger partial charge is 0.282 e. The highest BCUT2D eigenvalue weighted by Crippen LogP contribution is 2.31. The van der Waals surface area contributed by atoms with E-state index in [1.165, 1.54) is 17.0 Å². The van der Waals surface area contributed by atoms with E-state index in [1.807, 2.05) is 25.1 Å². The molecule has 1 amide bonds. The first kappa shape index (κ1) is 19.9. The van der Waals surface area contributed by atoms with Gasteiger partial charge in [0.25, 0.3) is 5.91 Å². The van der Waals surface area contributed by atoms with E-state index in [2.05, 4.69) is 4.99 Å². The fraction of sp³-hybridized carbons (Fsp3) is 0.0833. The molecule has 30 heavy (non-hydrogen) atoms. The highest BCUT2D eigenvalue weighted by atomic mass is 35.5. The predicted molar refractivity (Wildman–Crippen MR) is 117 cm³/mol. The van der Waals surface area contributed by atoms with Crippen molar-refractivity contribution < 1.29 is 13.9 Å². The van der Waals surface area contributed by atoms with Gasteiger partial charge in [0.15, 0.2) is 0 Å². The number of aliphatic imine (C=N–C) groups is 1. The molecule has 6 heteroatoms. The van der Waals surface area contributed by atoms with Crippen molar-refractivity contribution in [1.29, 1.82) is 0 Å². The lowest BCUT2D eigenvalue weighted by Crippen LogP contribution is -2.32. The van der Waals surface area contributed by atoms with Gasteiger partial charge in [-0.1, -0.05) is 35.9 Å². The van der Waals surface area contributed by atoms with Crippen LogP contribution in [0.2, 0.25) is 5.02 Å². The minimum Gasteiger partial charge on any atom is -0.494 e. The Bertz CT molecular complexity index is 1140. The molecule has 4 rings (SSSR count). The van der Waals surface area contributed by atoms with Gasteiger partial charge in [-0.2, -0.15) is 0 Å². The van der Waals surface area contributed by atoms with E-state index in [9.17, 15) is 9.18 Å². The fourth-order valence-corrected chi connectivity index (χ4v) is 3.37. The molecule has 0 fully saturated rings. The topological polar surface area (TPSA) is 41.9 Å². The monoisotopic (exact) mass is 420 g/mol. The zero-order valence-electron chi connectivity index (χ0n) is 16.2. The van der Waals surface area contributed by atoms with E-state index < -0.39 is 0 Å². The number of amides is 1. The first-order valence-corrected chi connectivity index (χ1v) is 9.83. The molecule has 3 aromatic carbocycles. The lowest BCUT2D eigenvalue weighted by molar-refractivity contribution is -0.113. The number of hydrogen-bond donors (Lipinski definition) is 0. The highest BCUT2D eigenvalue weighted by molar-refractivity contribution is 6.39. The van der Waals surface area contributed by atoms with Gasteiger partial charge < -0.3 is 4.74 Å². The van der Waals surface area contributed by atoms with Crippen molar-refractivity contribution in [3.8, 4) is 5.75 Å². The van der Waals surface area contributed by atoms with Crippen LogP contribution >= 0.6 is 11.6 Å². The molecule has 0 bridgehead atoms. The molecule has 0 spiro atoms. The summed E-state index contributed by atoms with van der Waals surface area (Å²) in [6.07, 6.45) is 1.63. The molecule has 0 saturated heterocycles. The number of halogens is 2. The van der Waals surface area contributed by atoms with Gasteiger partial charge in [-0.3, -0.25) is 9.69 Å². The van der Waals surface area contributed by atoms with Gasteiger partial charge in [0.1, 0.15) is 23.1 Å². The van der Waals surface area contributed by atoms with E-state index in [-0.39, 0.29) is 17.4 Å². The molecular formula is C24H18ClFN2O2. The number of anilines is 1. The van der Waals surface area contributed by atoms with Crippen molar-refractivity contribution in [2.75, 3.05) is 11.5 Å². The first-order valence-electron chi connectivity index (χ1n) is 9.45. The third kappa shape index (κ3) is 3.98. The van der Waals surface area contributed by atoms with Crippen LogP contribution in [0.1, 0.15) is 18.1 Å². The lowest BCUT2D eigenvalue weighted by atomic mass is 10.1. The molecule has 0 saturated carbocycles. The molecule has 0 unspecified atom stereocenters. The second-order valence-corrected chi connectivity index (χ2v) is 6.97. The number of carbonyl (C=O) groups excluding carboxylic acids is 1. The number of carbonyl (C=O) groups is 1. The maximum atomic E-state index is 13.3. The number of amidine groups is 1. The van der Waals surface area contributed by atoms with E-state index in [0.717, 1.165) is 0 Å². The zero-order valence-corrected chi connectivity index (χ0v) is 16.9. The number of rotatable bonds is 5. The standard InChI is InChI=1S/C24H18ClFN2O2/c1-2-30-19-13-11-18(12-14-19)28-23(20-5-3-4-6-21(20)25)27-22(24(28)29)15-16-7-9-17(26)10-8-16/h3-15H,2H2,1H3/b22-15+. The summed E-state index contributed by atoms with van der Waals surface area (Å²) < 4.78 is 18.7. The predicted octanol–water partition coefficient (Wildman–Crippen LogP) is 5.71. The van der Waals surface area contributed by atoms with Crippen LogP contribution in [0.15, 0.2) is 83.5 Å². The molecule has 0 radical (unpaired) electrons. The molecule has 0 N–H and O–H groups in total. The highest BCUT2D eigenvalue weighted by Gasteiger charge is 2.33. The molecular weight excluding hydrogens is 403 g/mol. The van der Waals surface area contributed by atoms with Crippen molar-refractivity contribution in [3.05, 3.63) is 100 Å². The molecule has 0 atom stereocenters. The Morgan fingerprint density at radius 2 is 1.73 bits per heavy atom. The molecule has 1 heterocycles. The van der Waals surface area contributed by atoms with Crippen LogP contribution in [0.3, 0.4) is 0 Å². The summed E-state index contributed by atoms with van der Waals surface area (Å²) in [5.74, 6) is 0.513. The molecule has 0 aliphatic carbocycles. The molecule has 1 aliphatic heterocycles. The second-order valence-electron chi connectivity index (χ2n) is 6.56. The van der Waals surface area contributed by atoms with Gasteiger partial charge in [-0.15, -0.1) is 0 Å². The molecule has 150 valence electrons. The van der Waals surface area contributed by atoms with Crippen LogP contribution in [0, 0.1) is 5.82 Å². The minimum absolute atomic E-state index is 0.241. The first-order chi connectivity index (χ1) is 14.6. The summed E-state index contributed by atoms with van der Waals surface area (Å²) in [6, 6.07) is 20.3. The van der Waals surface area contributed by atoms with Crippen LogP contribution in [0.25, 0.3) is 6.08 Å². The van der Waals surface area contributed by atoms with Crippen molar-refractivity contribution >= 4 is 35.1 Å². The van der Waals surface area contributed by atoms with E-state index in [4.69, 9.17) is 16.3 Å². The molecule has 3 aromatic rings. The Balaban J connectivity index is 1.79. The summed E-state index contributed by atoms with van der Waals surface area (Å²) in [5, 5.41) is 0.489. The van der Waals surface area contributed by atoms with Gasteiger partial charge in [0, 0.05) is 5.56 Å². The quantitative estimate of drug-likeness (QED) is 0.496. The van der Waals surface area contributed by atoms with Crippen LogP contribution in [0.5, 0.6) is 5.75 Å². The normalized spacial score (nSPS) is 14.9.